The smallest absolute Gasteiger partial charge is 0.225 e. The molecule has 1 saturated carbocycles. The molecule has 2 aliphatic heterocycles. The zero-order chi connectivity index (χ0) is 19.9. The van der Waals surface area contributed by atoms with Crippen molar-refractivity contribution in [1.82, 2.24) is 30.4 Å². The van der Waals surface area contributed by atoms with Gasteiger partial charge in [0.1, 0.15) is 0 Å². The number of nitrogens with one attached hydrogen (secondary N) is 2. The molecule has 1 unspecified atom stereocenters. The maximum absolute atomic E-state index is 4.44. The van der Waals surface area contributed by atoms with Crippen LogP contribution in [0, 0.1) is 0 Å². The first kappa shape index (κ1) is 20.3. The predicted molar refractivity (Wildman–Crippen MR) is 117 cm³/mol. The Labute approximate surface area is 174 Å². The first-order valence-electron chi connectivity index (χ1n) is 11.3. The van der Waals surface area contributed by atoms with Crippen LogP contribution in [0.25, 0.3) is 0 Å². The molecular weight excluding hydrogens is 364 g/mol. The van der Waals surface area contributed by atoms with Gasteiger partial charge >= 0.3 is 0 Å². The summed E-state index contributed by atoms with van der Waals surface area (Å²) in [6.45, 7) is 8.40. The van der Waals surface area contributed by atoms with Gasteiger partial charge in [-0.2, -0.15) is 0 Å². The van der Waals surface area contributed by atoms with Crippen LogP contribution in [0.15, 0.2) is 23.5 Å². The van der Waals surface area contributed by atoms with E-state index in [2.05, 4.69) is 40.3 Å². The number of aromatic nitrogens is 2. The molecule has 0 aromatic carbocycles. The highest BCUT2D eigenvalue weighted by Gasteiger charge is 2.30. The Morgan fingerprint density at radius 1 is 1.07 bits per heavy atom. The van der Waals surface area contributed by atoms with E-state index in [1.54, 1.807) is 0 Å². The van der Waals surface area contributed by atoms with E-state index < -0.39 is 0 Å². The van der Waals surface area contributed by atoms with Gasteiger partial charge in [-0.15, -0.1) is 0 Å². The Kier molecular flexibility index (Phi) is 7.16. The van der Waals surface area contributed by atoms with Crippen LogP contribution in [0.3, 0.4) is 0 Å². The summed E-state index contributed by atoms with van der Waals surface area (Å²) in [5.74, 6) is 1.79. The topological polar surface area (TPSA) is 71.9 Å². The summed E-state index contributed by atoms with van der Waals surface area (Å²) in [6, 6.07) is 3.22. The molecule has 160 valence electrons. The molecule has 0 amide bonds. The van der Waals surface area contributed by atoms with Gasteiger partial charge in [0, 0.05) is 83.9 Å². The predicted octanol–water partition coefficient (Wildman–Crippen LogP) is 0.781. The second-order valence-corrected chi connectivity index (χ2v) is 8.44. The zero-order valence-corrected chi connectivity index (χ0v) is 17.8. The molecule has 0 bridgehead atoms. The molecule has 2 N–H and O–H groups in total. The summed E-state index contributed by atoms with van der Waals surface area (Å²) in [4.78, 5) is 20.6. The Balaban J connectivity index is 1.13. The fraction of sp³-hybridized carbons (Fsp3) is 0.762. The van der Waals surface area contributed by atoms with Crippen LogP contribution in [0.5, 0.6) is 0 Å². The minimum atomic E-state index is 0.524. The van der Waals surface area contributed by atoms with Gasteiger partial charge in [0.05, 0.1) is 0 Å². The Morgan fingerprint density at radius 2 is 1.83 bits per heavy atom. The molecule has 8 nitrogen and oxygen atoms in total. The van der Waals surface area contributed by atoms with E-state index >= 15 is 0 Å². The van der Waals surface area contributed by atoms with E-state index in [4.69, 9.17) is 0 Å². The molecule has 1 aromatic rings. The van der Waals surface area contributed by atoms with Crippen LogP contribution in [0.1, 0.15) is 32.1 Å². The lowest BCUT2D eigenvalue weighted by Crippen LogP contribution is -2.50. The molecule has 4 rings (SSSR count). The standard InChI is InChI=1S/C21H36N8/c1-22-20(26-18-7-11-29(17-18)19-5-2-3-6-19)23-10-12-27-13-15-28(16-14-27)21-24-8-4-9-25-21/h4,8-9,18-19H,2-3,5-7,10-17H2,1H3,(H2,22,23,26). The van der Waals surface area contributed by atoms with Crippen molar-refractivity contribution in [3.8, 4) is 0 Å². The number of aliphatic imine (C=N–C) groups is 1. The molecule has 8 heteroatoms. The van der Waals surface area contributed by atoms with Gasteiger partial charge in [0.2, 0.25) is 5.95 Å². The van der Waals surface area contributed by atoms with Crippen molar-refractivity contribution in [2.24, 2.45) is 4.99 Å². The molecule has 2 saturated heterocycles. The summed E-state index contributed by atoms with van der Waals surface area (Å²) in [5, 5.41) is 7.15. The Hall–Kier alpha value is -1.93. The van der Waals surface area contributed by atoms with Crippen LogP contribution in [0.2, 0.25) is 0 Å². The van der Waals surface area contributed by atoms with Gasteiger partial charge in [-0.1, -0.05) is 12.8 Å². The number of nitrogens with zero attached hydrogens (tertiary/aromatic N) is 6. The zero-order valence-electron chi connectivity index (χ0n) is 17.8. The molecule has 1 aromatic heterocycles. The molecular formula is C21H36N8. The molecule has 3 heterocycles. The number of piperazine rings is 1. The maximum Gasteiger partial charge on any atom is 0.225 e. The summed E-state index contributed by atoms with van der Waals surface area (Å²) in [7, 11) is 1.87. The maximum atomic E-state index is 4.44. The number of rotatable bonds is 6. The van der Waals surface area contributed by atoms with Crippen molar-refractivity contribution in [2.75, 3.05) is 64.3 Å². The fourth-order valence-corrected chi connectivity index (χ4v) is 4.85. The van der Waals surface area contributed by atoms with Gasteiger partial charge in [-0.3, -0.25) is 14.8 Å². The quantitative estimate of drug-likeness (QED) is 0.540. The second kappa shape index (κ2) is 10.2. The van der Waals surface area contributed by atoms with Crippen molar-refractivity contribution in [1.29, 1.82) is 0 Å². The van der Waals surface area contributed by atoms with Crippen molar-refractivity contribution >= 4 is 11.9 Å². The SMILES string of the molecule is CN=C(NCCN1CCN(c2ncccn2)CC1)NC1CCN(C2CCCC2)C1. The van der Waals surface area contributed by atoms with Gasteiger partial charge in [-0.05, 0) is 25.3 Å². The first-order chi connectivity index (χ1) is 14.3. The lowest BCUT2D eigenvalue weighted by molar-refractivity contribution is 0.242. The Morgan fingerprint density at radius 3 is 2.55 bits per heavy atom. The third-order valence-electron chi connectivity index (χ3n) is 6.55. The van der Waals surface area contributed by atoms with E-state index in [9.17, 15) is 0 Å². The fourth-order valence-electron chi connectivity index (χ4n) is 4.85. The lowest BCUT2D eigenvalue weighted by Gasteiger charge is -2.34. The van der Waals surface area contributed by atoms with E-state index in [0.717, 1.165) is 63.8 Å². The average Bonchev–Trinajstić information content (AvgIpc) is 3.46. The van der Waals surface area contributed by atoms with E-state index in [-0.39, 0.29) is 0 Å². The highest BCUT2D eigenvalue weighted by Crippen LogP contribution is 2.26. The molecule has 0 spiro atoms. The number of likely N-dealkylation sites (tertiary alicyclic amines) is 1. The van der Waals surface area contributed by atoms with Crippen LogP contribution in [-0.4, -0.2) is 97.2 Å². The number of guanidine groups is 1. The number of anilines is 1. The molecule has 1 atom stereocenters. The highest BCUT2D eigenvalue weighted by atomic mass is 15.3. The third-order valence-corrected chi connectivity index (χ3v) is 6.55. The summed E-state index contributed by atoms with van der Waals surface area (Å²) >= 11 is 0. The van der Waals surface area contributed by atoms with Gasteiger partial charge < -0.3 is 15.5 Å². The molecule has 3 fully saturated rings. The lowest BCUT2D eigenvalue weighted by atomic mass is 10.2. The van der Waals surface area contributed by atoms with Crippen molar-refractivity contribution in [3.63, 3.8) is 0 Å². The average molecular weight is 401 g/mol. The monoisotopic (exact) mass is 400 g/mol. The Bertz CT molecular complexity index is 637. The van der Waals surface area contributed by atoms with Crippen LogP contribution >= 0.6 is 0 Å². The van der Waals surface area contributed by atoms with E-state index in [0.29, 0.717) is 6.04 Å². The molecule has 0 radical (unpaired) electrons. The largest absolute Gasteiger partial charge is 0.355 e. The second-order valence-electron chi connectivity index (χ2n) is 8.44. The van der Waals surface area contributed by atoms with Gasteiger partial charge in [-0.25, -0.2) is 9.97 Å². The number of hydrogen-bond donors (Lipinski definition) is 2. The summed E-state index contributed by atoms with van der Waals surface area (Å²) in [5.41, 5.74) is 0. The van der Waals surface area contributed by atoms with E-state index in [1.165, 1.54) is 38.6 Å². The highest BCUT2D eigenvalue weighted by molar-refractivity contribution is 5.80. The third kappa shape index (κ3) is 5.57. The molecule has 1 aliphatic carbocycles. The van der Waals surface area contributed by atoms with Crippen molar-refractivity contribution in [2.45, 2.75) is 44.2 Å². The molecule has 29 heavy (non-hydrogen) atoms. The van der Waals surface area contributed by atoms with Crippen molar-refractivity contribution < 1.29 is 0 Å². The van der Waals surface area contributed by atoms with Gasteiger partial charge in [0.25, 0.3) is 0 Å². The summed E-state index contributed by atoms with van der Waals surface area (Å²) in [6.07, 6.45) is 10.5. The van der Waals surface area contributed by atoms with Crippen LogP contribution < -0.4 is 15.5 Å². The number of hydrogen-bond acceptors (Lipinski definition) is 6. The first-order valence-corrected chi connectivity index (χ1v) is 11.3. The molecule has 3 aliphatic rings. The van der Waals surface area contributed by atoms with Crippen molar-refractivity contribution in [3.05, 3.63) is 18.5 Å². The summed E-state index contributed by atoms with van der Waals surface area (Å²) < 4.78 is 0. The van der Waals surface area contributed by atoms with Crippen LogP contribution in [-0.2, 0) is 0 Å². The normalized spacial score (nSPS) is 24.9. The van der Waals surface area contributed by atoms with Crippen LogP contribution in [0.4, 0.5) is 5.95 Å². The van der Waals surface area contributed by atoms with Gasteiger partial charge in [0.15, 0.2) is 5.96 Å². The minimum absolute atomic E-state index is 0.524. The minimum Gasteiger partial charge on any atom is -0.355 e. The van der Waals surface area contributed by atoms with E-state index in [1.807, 2.05) is 25.5 Å².